The Labute approximate surface area is 63.8 Å². The summed E-state index contributed by atoms with van der Waals surface area (Å²) in [6, 6.07) is 0. The lowest BCUT2D eigenvalue weighted by Gasteiger charge is -2.38. The van der Waals surface area contributed by atoms with Crippen LogP contribution in [0.25, 0.3) is 0 Å². The van der Waals surface area contributed by atoms with Crippen LogP contribution in [-0.4, -0.2) is 28.1 Å². The van der Waals surface area contributed by atoms with Crippen molar-refractivity contribution in [2.24, 2.45) is 5.41 Å². The quantitative estimate of drug-likeness (QED) is 0.583. The van der Waals surface area contributed by atoms with Gasteiger partial charge >= 0.3 is 5.97 Å². The van der Waals surface area contributed by atoms with Gasteiger partial charge in [-0.2, -0.15) is 0 Å². The van der Waals surface area contributed by atoms with Crippen molar-refractivity contribution in [2.75, 3.05) is 0 Å². The van der Waals surface area contributed by atoms with Gasteiger partial charge in [0.05, 0.1) is 6.10 Å². The highest BCUT2D eigenvalue weighted by Gasteiger charge is 2.53. The molecule has 0 aromatic heterocycles. The molecule has 1 unspecified atom stereocenters. The Morgan fingerprint density at radius 3 is 2.18 bits per heavy atom. The minimum absolute atomic E-state index is 0.0278. The number of ketones is 1. The Bertz CT molecular complexity index is 198. The van der Waals surface area contributed by atoms with Crippen LogP contribution in [0.15, 0.2) is 0 Å². The topological polar surface area (TPSA) is 74.6 Å². The number of carboxylic acid groups (broad SMARTS) is 1. The molecule has 0 aliphatic heterocycles. The van der Waals surface area contributed by atoms with Crippen molar-refractivity contribution in [1.82, 2.24) is 0 Å². The van der Waals surface area contributed by atoms with E-state index in [1.807, 2.05) is 0 Å². The summed E-state index contributed by atoms with van der Waals surface area (Å²) in [5.41, 5.74) is -1.18. The second-order valence-corrected chi connectivity index (χ2v) is 3.03. The lowest BCUT2D eigenvalue weighted by molar-refractivity contribution is -0.170. The molecule has 0 bridgehead atoms. The molecule has 1 saturated carbocycles. The van der Waals surface area contributed by atoms with Gasteiger partial charge in [-0.1, -0.05) is 0 Å². The van der Waals surface area contributed by atoms with Gasteiger partial charge in [-0.05, 0) is 6.92 Å². The fourth-order valence-electron chi connectivity index (χ4n) is 1.28. The van der Waals surface area contributed by atoms with Gasteiger partial charge in [-0.25, -0.2) is 0 Å². The molecule has 11 heavy (non-hydrogen) atoms. The number of Topliss-reactive ketones (excluding diaryl/α,β-unsaturated/α-hetero) is 1. The summed E-state index contributed by atoms with van der Waals surface area (Å²) in [5.74, 6) is -1.17. The highest BCUT2D eigenvalue weighted by molar-refractivity contribution is 5.97. The summed E-state index contributed by atoms with van der Waals surface area (Å²) >= 11 is 0. The molecule has 1 aliphatic rings. The van der Waals surface area contributed by atoms with Crippen molar-refractivity contribution < 1.29 is 19.8 Å². The predicted octanol–water partition coefficient (Wildman–Crippen LogP) is -0.199. The number of aliphatic carboxylic acids is 1. The molecule has 0 radical (unpaired) electrons. The number of carbonyl (C=O) groups is 2. The van der Waals surface area contributed by atoms with E-state index in [-0.39, 0.29) is 18.6 Å². The molecule has 0 aromatic rings. The summed E-state index contributed by atoms with van der Waals surface area (Å²) in [7, 11) is 0. The molecular formula is C7H10O4. The van der Waals surface area contributed by atoms with E-state index < -0.39 is 17.5 Å². The molecule has 62 valence electrons. The van der Waals surface area contributed by atoms with Crippen LogP contribution in [0, 0.1) is 5.41 Å². The van der Waals surface area contributed by atoms with Gasteiger partial charge in [0, 0.05) is 12.8 Å². The maximum atomic E-state index is 10.6. The minimum Gasteiger partial charge on any atom is -0.481 e. The molecule has 0 saturated heterocycles. The zero-order valence-electron chi connectivity index (χ0n) is 6.20. The first-order valence-electron chi connectivity index (χ1n) is 3.42. The zero-order chi connectivity index (χ0) is 8.65. The summed E-state index contributed by atoms with van der Waals surface area (Å²) in [5, 5.41) is 17.7. The first-order chi connectivity index (χ1) is 4.99. The molecule has 0 amide bonds. The van der Waals surface area contributed by atoms with Crippen molar-refractivity contribution in [1.29, 1.82) is 0 Å². The van der Waals surface area contributed by atoms with E-state index in [9.17, 15) is 9.59 Å². The van der Waals surface area contributed by atoms with E-state index in [1.165, 1.54) is 6.92 Å². The van der Waals surface area contributed by atoms with Crippen LogP contribution in [0.4, 0.5) is 0 Å². The van der Waals surface area contributed by atoms with Gasteiger partial charge < -0.3 is 10.2 Å². The van der Waals surface area contributed by atoms with Gasteiger partial charge in [-0.15, -0.1) is 0 Å². The van der Waals surface area contributed by atoms with Crippen molar-refractivity contribution in [3.8, 4) is 0 Å². The molecule has 0 aromatic carbocycles. The number of hydrogen-bond acceptors (Lipinski definition) is 3. The van der Waals surface area contributed by atoms with Gasteiger partial charge in [0.2, 0.25) is 0 Å². The Hall–Kier alpha value is -0.900. The van der Waals surface area contributed by atoms with E-state index in [4.69, 9.17) is 10.2 Å². The van der Waals surface area contributed by atoms with Crippen molar-refractivity contribution >= 4 is 11.8 Å². The van der Waals surface area contributed by atoms with Crippen molar-refractivity contribution in [3.05, 3.63) is 0 Å². The normalized spacial score (nSPS) is 24.0. The Morgan fingerprint density at radius 2 is 2.09 bits per heavy atom. The summed E-state index contributed by atoms with van der Waals surface area (Å²) < 4.78 is 0. The Kier molecular flexibility index (Phi) is 1.72. The van der Waals surface area contributed by atoms with Crippen LogP contribution in [0.2, 0.25) is 0 Å². The van der Waals surface area contributed by atoms with E-state index in [2.05, 4.69) is 0 Å². The standard InChI is InChI=1S/C7H10O4/c1-4(8)7(6(10)11)2-5(9)3-7/h4,8H,2-3H2,1H3,(H,10,11). The number of carboxylic acids is 1. The molecular weight excluding hydrogens is 148 g/mol. The number of aliphatic hydroxyl groups excluding tert-OH is 1. The lowest BCUT2D eigenvalue weighted by Crippen LogP contribution is -2.51. The number of hydrogen-bond donors (Lipinski definition) is 2. The third kappa shape index (κ3) is 1.03. The van der Waals surface area contributed by atoms with Crippen LogP contribution in [-0.2, 0) is 9.59 Å². The highest BCUT2D eigenvalue weighted by atomic mass is 16.4. The molecule has 4 nitrogen and oxygen atoms in total. The van der Waals surface area contributed by atoms with Crippen molar-refractivity contribution in [3.63, 3.8) is 0 Å². The van der Waals surface area contributed by atoms with Gasteiger partial charge in [0.25, 0.3) is 0 Å². The first-order valence-corrected chi connectivity index (χ1v) is 3.42. The van der Waals surface area contributed by atoms with Gasteiger partial charge in [0.15, 0.2) is 0 Å². The van der Waals surface area contributed by atoms with Crippen molar-refractivity contribution in [2.45, 2.75) is 25.9 Å². The molecule has 1 aliphatic carbocycles. The second kappa shape index (κ2) is 2.30. The second-order valence-electron chi connectivity index (χ2n) is 3.03. The highest BCUT2D eigenvalue weighted by Crippen LogP contribution is 2.41. The monoisotopic (exact) mass is 158 g/mol. The lowest BCUT2D eigenvalue weighted by atomic mass is 9.64. The Balaban J connectivity index is 2.76. The summed E-state index contributed by atoms with van der Waals surface area (Å²) in [4.78, 5) is 21.1. The number of rotatable bonds is 2. The first kappa shape index (κ1) is 8.20. The van der Waals surface area contributed by atoms with Crippen LogP contribution in [0.5, 0.6) is 0 Å². The molecule has 0 spiro atoms. The van der Waals surface area contributed by atoms with Gasteiger partial charge in [0.1, 0.15) is 11.2 Å². The maximum absolute atomic E-state index is 10.6. The third-order valence-corrected chi connectivity index (χ3v) is 2.25. The third-order valence-electron chi connectivity index (χ3n) is 2.25. The van der Waals surface area contributed by atoms with E-state index >= 15 is 0 Å². The molecule has 2 N–H and O–H groups in total. The predicted molar refractivity (Wildman–Crippen MR) is 36.0 cm³/mol. The SMILES string of the molecule is CC(O)C1(C(=O)O)CC(=O)C1. The zero-order valence-corrected chi connectivity index (χ0v) is 6.20. The average molecular weight is 158 g/mol. The van der Waals surface area contributed by atoms with Crippen LogP contribution >= 0.6 is 0 Å². The molecule has 0 heterocycles. The number of aliphatic hydroxyl groups is 1. The Morgan fingerprint density at radius 1 is 1.64 bits per heavy atom. The van der Waals surface area contributed by atoms with Crippen LogP contribution in [0.3, 0.4) is 0 Å². The fourth-order valence-corrected chi connectivity index (χ4v) is 1.28. The maximum Gasteiger partial charge on any atom is 0.313 e. The molecule has 4 heteroatoms. The molecule has 1 rings (SSSR count). The number of carbonyl (C=O) groups excluding carboxylic acids is 1. The summed E-state index contributed by atoms with van der Waals surface area (Å²) in [6.07, 6.45) is -1.00. The minimum atomic E-state index is -1.18. The molecule has 1 fully saturated rings. The van der Waals surface area contributed by atoms with E-state index in [1.54, 1.807) is 0 Å². The largest absolute Gasteiger partial charge is 0.481 e. The smallest absolute Gasteiger partial charge is 0.313 e. The molecule has 1 atom stereocenters. The van der Waals surface area contributed by atoms with E-state index in [0.717, 1.165) is 0 Å². The van der Waals surface area contributed by atoms with Crippen LogP contribution < -0.4 is 0 Å². The van der Waals surface area contributed by atoms with Gasteiger partial charge in [-0.3, -0.25) is 9.59 Å². The average Bonchev–Trinajstić information content (AvgIpc) is 1.78. The van der Waals surface area contributed by atoms with E-state index in [0.29, 0.717) is 0 Å². The van der Waals surface area contributed by atoms with Crippen LogP contribution in [0.1, 0.15) is 19.8 Å². The summed E-state index contributed by atoms with van der Waals surface area (Å²) in [6.45, 7) is 1.40. The fraction of sp³-hybridized carbons (Fsp3) is 0.714.